The first-order valence-electron chi connectivity index (χ1n) is 12.1. The van der Waals surface area contributed by atoms with Crippen molar-refractivity contribution in [3.8, 4) is 16.8 Å². The maximum absolute atomic E-state index is 15.8. The monoisotopic (exact) mass is 574 g/mol. The summed E-state index contributed by atoms with van der Waals surface area (Å²) in [7, 11) is -3.86. The third-order valence-corrected chi connectivity index (χ3v) is 8.18. The summed E-state index contributed by atoms with van der Waals surface area (Å²) in [5.74, 6) is -1.17. The summed E-state index contributed by atoms with van der Waals surface area (Å²) in [5.41, 5.74) is -0.905. The number of halogens is 3. The molecule has 0 saturated carbocycles. The zero-order valence-corrected chi connectivity index (χ0v) is 23.7. The topological polar surface area (TPSA) is 92.4 Å². The van der Waals surface area contributed by atoms with Crippen LogP contribution in [0.15, 0.2) is 65.7 Å². The molecule has 3 aromatic carbocycles. The Balaban J connectivity index is 1.90. The molecule has 2 N–H and O–H groups in total. The van der Waals surface area contributed by atoms with Gasteiger partial charge in [-0.1, -0.05) is 35.9 Å². The molecule has 0 aliphatic heterocycles. The van der Waals surface area contributed by atoms with Crippen LogP contribution in [-0.4, -0.2) is 34.4 Å². The van der Waals surface area contributed by atoms with Crippen molar-refractivity contribution in [2.45, 2.75) is 50.2 Å². The number of hydrogen-bond acceptors (Lipinski definition) is 5. The van der Waals surface area contributed by atoms with Gasteiger partial charge in [0.05, 0.1) is 22.9 Å². The summed E-state index contributed by atoms with van der Waals surface area (Å²) >= 11 is 6.50. The highest BCUT2D eigenvalue weighted by Gasteiger charge is 2.34. The van der Waals surface area contributed by atoms with Crippen LogP contribution in [0.3, 0.4) is 0 Å². The summed E-state index contributed by atoms with van der Waals surface area (Å²) in [6.07, 6.45) is 2.47. The van der Waals surface area contributed by atoms with Crippen molar-refractivity contribution in [2.24, 2.45) is 0 Å². The normalized spacial score (nSPS) is 12.7. The quantitative estimate of drug-likeness (QED) is 0.286. The van der Waals surface area contributed by atoms with E-state index in [0.29, 0.717) is 16.5 Å². The van der Waals surface area contributed by atoms with Crippen molar-refractivity contribution < 1.29 is 27.4 Å². The summed E-state index contributed by atoms with van der Waals surface area (Å²) in [5, 5.41) is 20.7. The molecule has 0 bridgehead atoms. The molecule has 6 nitrogen and oxygen atoms in total. The van der Waals surface area contributed by atoms with Gasteiger partial charge < -0.3 is 10.2 Å². The molecule has 0 saturated heterocycles. The zero-order chi connectivity index (χ0) is 28.9. The van der Waals surface area contributed by atoms with Gasteiger partial charge in [-0.25, -0.2) is 22.2 Å². The largest absolute Gasteiger partial charge is 0.392 e. The third kappa shape index (κ3) is 5.49. The minimum absolute atomic E-state index is 0.118. The fourth-order valence-corrected chi connectivity index (χ4v) is 5.85. The van der Waals surface area contributed by atoms with E-state index in [2.05, 4.69) is 4.98 Å². The molecule has 4 rings (SSSR count). The fourth-order valence-electron chi connectivity index (χ4n) is 4.53. The van der Waals surface area contributed by atoms with Crippen LogP contribution in [0.5, 0.6) is 0 Å². The van der Waals surface area contributed by atoms with E-state index >= 15 is 4.39 Å². The first-order valence-corrected chi connectivity index (χ1v) is 14.3. The summed E-state index contributed by atoms with van der Waals surface area (Å²) in [4.78, 5) is 4.32. The second kappa shape index (κ2) is 10.1. The van der Waals surface area contributed by atoms with Gasteiger partial charge in [0.1, 0.15) is 23.1 Å². The van der Waals surface area contributed by atoms with E-state index in [9.17, 15) is 23.0 Å². The van der Waals surface area contributed by atoms with Gasteiger partial charge in [0.15, 0.2) is 9.84 Å². The summed E-state index contributed by atoms with van der Waals surface area (Å²) in [6.45, 7) is 6.15. The molecule has 39 heavy (non-hydrogen) atoms. The predicted molar refractivity (Wildman–Crippen MR) is 147 cm³/mol. The Bertz CT molecular complexity index is 1680. The maximum Gasteiger partial charge on any atom is 0.176 e. The lowest BCUT2D eigenvalue weighted by Gasteiger charge is -2.27. The number of aliphatic hydroxyl groups is 2. The van der Waals surface area contributed by atoms with Crippen molar-refractivity contribution in [3.63, 3.8) is 0 Å². The van der Waals surface area contributed by atoms with Gasteiger partial charge in [-0.2, -0.15) is 0 Å². The van der Waals surface area contributed by atoms with E-state index in [-0.39, 0.29) is 27.3 Å². The van der Waals surface area contributed by atoms with Crippen LogP contribution in [0.2, 0.25) is 5.02 Å². The molecule has 0 radical (unpaired) electrons. The molecule has 0 amide bonds. The minimum atomic E-state index is -3.86. The Hall–Kier alpha value is -3.11. The first-order chi connectivity index (χ1) is 18.1. The standard InChI is InChI=1S/C29H29ClF2N2O4S/c1-28(2,20-8-6-7-9-21(20)30)27-33-26(29(3,4)36)15-34(27)24-11-10-17(12-23(24)32)18-13-22(31)19(16-35)25(14-18)39(5,37)38/h6-15,35-36H,16H2,1-5H3. The molecule has 4 aromatic rings. The average Bonchev–Trinajstić information content (AvgIpc) is 3.30. The molecule has 0 aliphatic rings. The van der Waals surface area contributed by atoms with Gasteiger partial charge in [0.2, 0.25) is 0 Å². The third-order valence-electron chi connectivity index (χ3n) is 6.69. The number of nitrogens with zero attached hydrogens (tertiary/aromatic N) is 2. The number of aromatic nitrogens is 2. The van der Waals surface area contributed by atoms with Gasteiger partial charge in [-0.3, -0.25) is 4.57 Å². The molecule has 0 atom stereocenters. The summed E-state index contributed by atoms with van der Waals surface area (Å²) in [6, 6.07) is 13.7. The smallest absolute Gasteiger partial charge is 0.176 e. The zero-order valence-electron chi connectivity index (χ0n) is 22.1. The Kier molecular flexibility index (Phi) is 7.50. The van der Waals surface area contributed by atoms with Crippen LogP contribution >= 0.6 is 11.6 Å². The molecule has 0 fully saturated rings. The second-order valence-corrected chi connectivity index (χ2v) is 12.9. The first kappa shape index (κ1) is 28.9. The molecule has 1 heterocycles. The number of benzene rings is 3. The SMILES string of the molecule is CC(C)(O)c1cn(-c2ccc(-c3cc(F)c(CO)c(S(C)(=O)=O)c3)cc2F)c(C(C)(C)c2ccccc2Cl)n1. The molecule has 1 aromatic heterocycles. The molecular weight excluding hydrogens is 546 g/mol. The van der Waals surface area contributed by atoms with Gasteiger partial charge >= 0.3 is 0 Å². The Morgan fingerprint density at radius 2 is 1.62 bits per heavy atom. The van der Waals surface area contributed by atoms with E-state index in [1.54, 1.807) is 36.7 Å². The number of rotatable bonds is 7. The highest BCUT2D eigenvalue weighted by Crippen LogP contribution is 2.38. The highest BCUT2D eigenvalue weighted by molar-refractivity contribution is 7.90. The predicted octanol–water partition coefficient (Wildman–Crippen LogP) is 5.92. The van der Waals surface area contributed by atoms with Crippen LogP contribution in [0.25, 0.3) is 16.8 Å². The number of hydrogen-bond donors (Lipinski definition) is 2. The Morgan fingerprint density at radius 3 is 2.18 bits per heavy atom. The van der Waals surface area contributed by atoms with Crippen LogP contribution in [0, 0.1) is 11.6 Å². The maximum atomic E-state index is 15.8. The van der Waals surface area contributed by atoms with Crippen molar-refractivity contribution in [2.75, 3.05) is 6.26 Å². The molecule has 0 unspecified atom stereocenters. The lowest BCUT2D eigenvalue weighted by atomic mass is 9.83. The minimum Gasteiger partial charge on any atom is -0.392 e. The van der Waals surface area contributed by atoms with Crippen molar-refractivity contribution >= 4 is 21.4 Å². The van der Waals surface area contributed by atoms with E-state index in [1.807, 2.05) is 26.0 Å². The molecular formula is C29H29ClF2N2O4S. The summed E-state index contributed by atoms with van der Waals surface area (Å²) < 4.78 is 56.5. The van der Waals surface area contributed by atoms with Crippen LogP contribution in [0.1, 0.15) is 50.3 Å². The van der Waals surface area contributed by atoms with Gasteiger partial charge in [-0.15, -0.1) is 0 Å². The average molecular weight is 575 g/mol. The van der Waals surface area contributed by atoms with Gasteiger partial charge in [-0.05, 0) is 74.7 Å². The van der Waals surface area contributed by atoms with E-state index in [4.69, 9.17) is 11.6 Å². The van der Waals surface area contributed by atoms with Crippen LogP contribution in [0.4, 0.5) is 8.78 Å². The van der Waals surface area contributed by atoms with E-state index in [1.165, 1.54) is 24.3 Å². The Morgan fingerprint density at radius 1 is 0.974 bits per heavy atom. The number of sulfone groups is 1. The lowest BCUT2D eigenvalue weighted by Crippen LogP contribution is -2.25. The molecule has 10 heteroatoms. The van der Waals surface area contributed by atoms with Crippen molar-refractivity contribution in [1.82, 2.24) is 9.55 Å². The van der Waals surface area contributed by atoms with Gasteiger partial charge in [0, 0.05) is 28.5 Å². The highest BCUT2D eigenvalue weighted by atomic mass is 35.5. The fraction of sp³-hybridized carbons (Fsp3) is 0.276. The molecule has 0 spiro atoms. The number of imidazole rings is 1. The molecule has 0 aliphatic carbocycles. The van der Waals surface area contributed by atoms with E-state index < -0.39 is 39.1 Å². The van der Waals surface area contributed by atoms with Crippen molar-refractivity contribution in [3.05, 3.63) is 100 Å². The van der Waals surface area contributed by atoms with E-state index in [0.717, 1.165) is 17.9 Å². The number of aliphatic hydroxyl groups excluding tert-OH is 1. The lowest BCUT2D eigenvalue weighted by molar-refractivity contribution is 0.0740. The molecule has 206 valence electrons. The van der Waals surface area contributed by atoms with Crippen molar-refractivity contribution in [1.29, 1.82) is 0 Å². The van der Waals surface area contributed by atoms with Gasteiger partial charge in [0.25, 0.3) is 0 Å². The second-order valence-electron chi connectivity index (χ2n) is 10.5. The van der Waals surface area contributed by atoms with Crippen LogP contribution < -0.4 is 0 Å². The Labute approximate surface area is 231 Å². The van der Waals surface area contributed by atoms with Crippen LogP contribution in [-0.2, 0) is 27.5 Å².